The molecule has 0 radical (unpaired) electrons. The van der Waals surface area contributed by atoms with Gasteiger partial charge in [0.2, 0.25) is 0 Å². The average Bonchev–Trinajstić information content (AvgIpc) is 3.26. The van der Waals surface area contributed by atoms with Crippen molar-refractivity contribution in [2.75, 3.05) is 13.6 Å². The molecule has 146 valence electrons. The molecule has 0 spiro atoms. The molecule has 1 atom stereocenters. The maximum atomic E-state index is 12.9. The van der Waals surface area contributed by atoms with E-state index in [0.29, 0.717) is 22.6 Å². The van der Waals surface area contributed by atoms with Crippen LogP contribution in [0.15, 0.2) is 64.0 Å². The molecule has 0 bridgehead atoms. The molecule has 4 nitrogen and oxygen atoms in total. The van der Waals surface area contributed by atoms with Gasteiger partial charge in [-0.2, -0.15) is 0 Å². The van der Waals surface area contributed by atoms with Gasteiger partial charge in [-0.3, -0.25) is 4.79 Å². The van der Waals surface area contributed by atoms with Gasteiger partial charge in [0.1, 0.15) is 17.4 Å². The lowest BCUT2D eigenvalue weighted by Crippen LogP contribution is -2.16. The molecule has 4 heteroatoms. The second kappa shape index (κ2) is 8.61. The van der Waals surface area contributed by atoms with E-state index in [1.807, 2.05) is 43.4 Å². The molecule has 1 heterocycles. The number of nitrogens with one attached hydrogen (secondary N) is 1. The van der Waals surface area contributed by atoms with E-state index in [0.717, 1.165) is 36.9 Å². The molecule has 1 aromatic heterocycles. The molecule has 0 aliphatic heterocycles. The van der Waals surface area contributed by atoms with Crippen LogP contribution in [0.2, 0.25) is 0 Å². The fourth-order valence-corrected chi connectivity index (χ4v) is 4.12. The maximum Gasteiger partial charge on any atom is 0.196 e. The predicted molar refractivity (Wildman–Crippen MR) is 112 cm³/mol. The van der Waals surface area contributed by atoms with Crippen LogP contribution in [0.1, 0.15) is 55.3 Å². The van der Waals surface area contributed by atoms with Crippen molar-refractivity contribution < 1.29 is 9.15 Å². The molecule has 28 heavy (non-hydrogen) atoms. The molecule has 1 unspecified atom stereocenters. The van der Waals surface area contributed by atoms with Crippen LogP contribution in [-0.2, 0) is 0 Å². The van der Waals surface area contributed by atoms with Crippen molar-refractivity contribution in [3.05, 3.63) is 76.1 Å². The summed E-state index contributed by atoms with van der Waals surface area (Å²) in [5, 5.41) is 3.83. The van der Waals surface area contributed by atoms with E-state index in [-0.39, 0.29) is 11.5 Å². The van der Waals surface area contributed by atoms with E-state index in [1.54, 1.807) is 6.26 Å². The number of rotatable bonds is 7. The largest absolute Gasteiger partial charge is 0.486 e. The summed E-state index contributed by atoms with van der Waals surface area (Å²) in [4.78, 5) is 12.9. The van der Waals surface area contributed by atoms with E-state index in [9.17, 15) is 4.79 Å². The topological polar surface area (TPSA) is 51.5 Å². The minimum Gasteiger partial charge on any atom is -0.486 e. The van der Waals surface area contributed by atoms with E-state index < -0.39 is 0 Å². The van der Waals surface area contributed by atoms with Crippen molar-refractivity contribution in [2.24, 2.45) is 0 Å². The first kappa shape index (κ1) is 18.8. The second-order valence-corrected chi connectivity index (χ2v) is 7.57. The standard InChI is InChI=1S/C24H27NO3/c1-25-14-13-22(18-9-3-2-4-10-18)28-19-11-12-20-23(15-19)27-16-21(24(20)26)17-7-5-6-8-17/h2-4,9-12,15-17,22,25H,5-8,13-14H2,1H3. The molecule has 1 aliphatic rings. The van der Waals surface area contributed by atoms with Crippen molar-refractivity contribution in [3.8, 4) is 5.75 Å². The van der Waals surface area contributed by atoms with Gasteiger partial charge in [0.15, 0.2) is 5.43 Å². The van der Waals surface area contributed by atoms with Crippen molar-refractivity contribution in [3.63, 3.8) is 0 Å². The van der Waals surface area contributed by atoms with Crippen LogP contribution in [-0.4, -0.2) is 13.6 Å². The Morgan fingerprint density at radius 1 is 1.14 bits per heavy atom. The number of fused-ring (bicyclic) bond motifs is 1. The summed E-state index contributed by atoms with van der Waals surface area (Å²) >= 11 is 0. The van der Waals surface area contributed by atoms with Crippen molar-refractivity contribution >= 4 is 11.0 Å². The Kier molecular flexibility index (Phi) is 5.77. The van der Waals surface area contributed by atoms with Gasteiger partial charge >= 0.3 is 0 Å². The number of benzene rings is 2. The molecule has 1 aliphatic carbocycles. The second-order valence-electron chi connectivity index (χ2n) is 7.57. The molecular formula is C24H27NO3. The molecule has 0 saturated heterocycles. The smallest absolute Gasteiger partial charge is 0.196 e. The normalized spacial score (nSPS) is 15.8. The third kappa shape index (κ3) is 3.97. The summed E-state index contributed by atoms with van der Waals surface area (Å²) in [5.41, 5.74) is 2.66. The zero-order valence-corrected chi connectivity index (χ0v) is 16.3. The molecule has 4 rings (SSSR count). The van der Waals surface area contributed by atoms with Gasteiger partial charge in [-0.25, -0.2) is 0 Å². The molecule has 3 aromatic rings. The summed E-state index contributed by atoms with van der Waals surface area (Å²) in [7, 11) is 1.94. The lowest BCUT2D eigenvalue weighted by atomic mass is 9.98. The summed E-state index contributed by atoms with van der Waals surface area (Å²) in [5.74, 6) is 1.06. The van der Waals surface area contributed by atoms with Gasteiger partial charge in [0.05, 0.1) is 11.6 Å². The van der Waals surface area contributed by atoms with Crippen molar-refractivity contribution in [1.82, 2.24) is 5.32 Å². The minimum absolute atomic E-state index is 0.0596. The minimum atomic E-state index is -0.0596. The SMILES string of the molecule is CNCCC(Oc1ccc2c(=O)c(C3CCCC3)coc2c1)c1ccccc1. The van der Waals surface area contributed by atoms with Crippen molar-refractivity contribution in [1.29, 1.82) is 0 Å². The average molecular weight is 377 g/mol. The predicted octanol–water partition coefficient (Wildman–Crippen LogP) is 5.18. The monoisotopic (exact) mass is 377 g/mol. The molecule has 1 N–H and O–H groups in total. The maximum absolute atomic E-state index is 12.9. The quantitative estimate of drug-likeness (QED) is 0.616. The third-order valence-electron chi connectivity index (χ3n) is 5.67. The number of hydrogen-bond donors (Lipinski definition) is 1. The van der Waals surface area contributed by atoms with Gasteiger partial charge in [-0.15, -0.1) is 0 Å². The molecule has 1 fully saturated rings. The summed E-state index contributed by atoms with van der Waals surface area (Å²) in [6.07, 6.45) is 7.02. The van der Waals surface area contributed by atoms with E-state index in [4.69, 9.17) is 9.15 Å². The summed E-state index contributed by atoms with van der Waals surface area (Å²) < 4.78 is 12.1. The van der Waals surface area contributed by atoms with Crippen LogP contribution in [0.25, 0.3) is 11.0 Å². The fraction of sp³-hybridized carbons (Fsp3) is 0.375. The third-order valence-corrected chi connectivity index (χ3v) is 5.67. The fourth-order valence-electron chi connectivity index (χ4n) is 4.12. The zero-order valence-electron chi connectivity index (χ0n) is 16.3. The Hall–Kier alpha value is -2.59. The Morgan fingerprint density at radius 2 is 1.93 bits per heavy atom. The Bertz CT molecular complexity index is 974. The summed E-state index contributed by atoms with van der Waals surface area (Å²) in [6, 6.07) is 15.8. The van der Waals surface area contributed by atoms with Crippen LogP contribution in [0, 0.1) is 0 Å². The first-order valence-corrected chi connectivity index (χ1v) is 10.2. The van der Waals surface area contributed by atoms with Crippen LogP contribution in [0.5, 0.6) is 5.75 Å². The first-order chi connectivity index (χ1) is 13.8. The Balaban J connectivity index is 1.61. The molecule has 0 amide bonds. The first-order valence-electron chi connectivity index (χ1n) is 10.2. The van der Waals surface area contributed by atoms with Gasteiger partial charge in [-0.05, 0) is 50.0 Å². The highest BCUT2D eigenvalue weighted by Crippen LogP contribution is 2.34. The van der Waals surface area contributed by atoms with Crippen LogP contribution < -0.4 is 15.5 Å². The lowest BCUT2D eigenvalue weighted by Gasteiger charge is -2.20. The zero-order chi connectivity index (χ0) is 19.3. The van der Waals surface area contributed by atoms with Gasteiger partial charge in [0, 0.05) is 18.1 Å². The van der Waals surface area contributed by atoms with Crippen LogP contribution in [0.4, 0.5) is 0 Å². The highest BCUT2D eigenvalue weighted by molar-refractivity contribution is 5.78. The van der Waals surface area contributed by atoms with Crippen LogP contribution in [0.3, 0.4) is 0 Å². The van der Waals surface area contributed by atoms with Crippen LogP contribution >= 0.6 is 0 Å². The number of hydrogen-bond acceptors (Lipinski definition) is 4. The van der Waals surface area contributed by atoms with E-state index >= 15 is 0 Å². The van der Waals surface area contributed by atoms with Crippen molar-refractivity contribution in [2.45, 2.75) is 44.1 Å². The van der Waals surface area contributed by atoms with Gasteiger partial charge < -0.3 is 14.5 Å². The number of ether oxygens (including phenoxy) is 1. The molecular weight excluding hydrogens is 350 g/mol. The van der Waals surface area contributed by atoms with E-state index in [1.165, 1.54) is 12.8 Å². The Labute approximate surface area is 165 Å². The van der Waals surface area contributed by atoms with E-state index in [2.05, 4.69) is 17.4 Å². The van der Waals surface area contributed by atoms with Gasteiger partial charge in [0.25, 0.3) is 0 Å². The lowest BCUT2D eigenvalue weighted by molar-refractivity contribution is 0.195. The molecule has 1 saturated carbocycles. The highest BCUT2D eigenvalue weighted by atomic mass is 16.5. The summed E-state index contributed by atoms with van der Waals surface area (Å²) in [6.45, 7) is 0.854. The van der Waals surface area contributed by atoms with Gasteiger partial charge in [-0.1, -0.05) is 43.2 Å². The highest BCUT2D eigenvalue weighted by Gasteiger charge is 2.22. The molecule has 2 aromatic carbocycles. The Morgan fingerprint density at radius 3 is 2.68 bits per heavy atom.